The summed E-state index contributed by atoms with van der Waals surface area (Å²) < 4.78 is 0. The molecule has 1 saturated carbocycles. The van der Waals surface area contributed by atoms with Crippen molar-refractivity contribution in [1.29, 1.82) is 0 Å². The number of hydrogen-bond donors (Lipinski definition) is 3. The van der Waals surface area contributed by atoms with E-state index in [4.69, 9.17) is 10.9 Å². The van der Waals surface area contributed by atoms with Gasteiger partial charge in [0.15, 0.2) is 0 Å². The molecule has 0 aliphatic heterocycles. The SMILES string of the molecule is N[C@@H]1[C@H](C(=O)NO)[C@H]2C=C[C@@H]1C2. The highest BCUT2D eigenvalue weighted by Crippen LogP contribution is 2.42. The average molecular weight is 168 g/mol. The molecule has 2 rings (SSSR count). The number of rotatable bonds is 1. The minimum Gasteiger partial charge on any atom is -0.326 e. The normalized spacial score (nSPS) is 43.5. The molecule has 0 aromatic heterocycles. The van der Waals surface area contributed by atoms with Crippen molar-refractivity contribution in [1.82, 2.24) is 5.48 Å². The number of amides is 1. The number of carbonyl (C=O) groups is 1. The lowest BCUT2D eigenvalue weighted by Gasteiger charge is -2.21. The van der Waals surface area contributed by atoms with Gasteiger partial charge in [-0.15, -0.1) is 0 Å². The van der Waals surface area contributed by atoms with Crippen LogP contribution in [0.25, 0.3) is 0 Å². The van der Waals surface area contributed by atoms with Gasteiger partial charge in [0, 0.05) is 6.04 Å². The van der Waals surface area contributed by atoms with Gasteiger partial charge in [0.25, 0.3) is 0 Å². The van der Waals surface area contributed by atoms with Crippen molar-refractivity contribution in [2.45, 2.75) is 12.5 Å². The Bertz CT molecular complexity index is 239. The predicted molar refractivity (Wildman–Crippen MR) is 42.1 cm³/mol. The first-order chi connectivity index (χ1) is 5.74. The Morgan fingerprint density at radius 1 is 1.50 bits per heavy atom. The van der Waals surface area contributed by atoms with Crippen molar-refractivity contribution in [3.63, 3.8) is 0 Å². The lowest BCUT2D eigenvalue weighted by molar-refractivity contribution is -0.134. The van der Waals surface area contributed by atoms with E-state index in [0.29, 0.717) is 5.92 Å². The summed E-state index contributed by atoms with van der Waals surface area (Å²) in [6.07, 6.45) is 5.05. The Morgan fingerprint density at radius 2 is 2.17 bits per heavy atom. The zero-order valence-corrected chi connectivity index (χ0v) is 6.60. The van der Waals surface area contributed by atoms with Gasteiger partial charge in [-0.3, -0.25) is 10.0 Å². The molecule has 1 amide bonds. The number of hydrogen-bond acceptors (Lipinski definition) is 3. The molecule has 0 unspecified atom stereocenters. The summed E-state index contributed by atoms with van der Waals surface area (Å²) in [5, 5.41) is 8.46. The highest BCUT2D eigenvalue weighted by Gasteiger charge is 2.46. The van der Waals surface area contributed by atoms with Crippen LogP contribution < -0.4 is 11.2 Å². The number of allylic oxidation sites excluding steroid dienone is 1. The fraction of sp³-hybridized carbons (Fsp3) is 0.625. The molecule has 0 radical (unpaired) electrons. The van der Waals surface area contributed by atoms with Gasteiger partial charge in [-0.2, -0.15) is 0 Å². The number of nitrogens with one attached hydrogen (secondary N) is 1. The Balaban J connectivity index is 2.18. The predicted octanol–water partition coefficient (Wildman–Crippen LogP) is -0.359. The van der Waals surface area contributed by atoms with Crippen LogP contribution in [-0.2, 0) is 4.79 Å². The smallest absolute Gasteiger partial charge is 0.248 e. The standard InChI is InChI=1S/C8H12N2O2/c9-7-5-2-1-4(3-5)6(7)8(11)10-12/h1-2,4-7,12H,3,9H2,(H,10,11)/t4-,5+,6+,7-/m0/s1. The molecule has 0 aromatic rings. The second kappa shape index (κ2) is 2.57. The third-order valence-electron chi connectivity index (χ3n) is 2.93. The monoisotopic (exact) mass is 168 g/mol. The molecule has 2 bridgehead atoms. The minimum atomic E-state index is -0.348. The van der Waals surface area contributed by atoms with E-state index in [1.165, 1.54) is 0 Å². The van der Waals surface area contributed by atoms with Crippen LogP contribution in [0.4, 0.5) is 0 Å². The summed E-state index contributed by atoms with van der Waals surface area (Å²) in [6, 6.07) is -0.118. The maximum absolute atomic E-state index is 11.1. The summed E-state index contributed by atoms with van der Waals surface area (Å²) in [7, 11) is 0. The number of hydroxylamine groups is 1. The first kappa shape index (κ1) is 7.76. The highest BCUT2D eigenvalue weighted by atomic mass is 16.5. The summed E-state index contributed by atoms with van der Waals surface area (Å²) >= 11 is 0. The molecular weight excluding hydrogens is 156 g/mol. The van der Waals surface area contributed by atoms with Crippen molar-refractivity contribution >= 4 is 5.91 Å². The fourth-order valence-electron chi connectivity index (χ4n) is 2.30. The van der Waals surface area contributed by atoms with E-state index in [1.54, 1.807) is 5.48 Å². The molecule has 0 aromatic carbocycles. The van der Waals surface area contributed by atoms with Gasteiger partial charge < -0.3 is 5.73 Å². The largest absolute Gasteiger partial charge is 0.326 e. The van der Waals surface area contributed by atoms with Crippen LogP contribution >= 0.6 is 0 Å². The third-order valence-corrected chi connectivity index (χ3v) is 2.93. The molecule has 12 heavy (non-hydrogen) atoms. The summed E-state index contributed by atoms with van der Waals surface area (Å²) in [5.41, 5.74) is 7.49. The Morgan fingerprint density at radius 3 is 2.67 bits per heavy atom. The van der Waals surface area contributed by atoms with E-state index < -0.39 is 0 Å². The van der Waals surface area contributed by atoms with Crippen LogP contribution in [0.3, 0.4) is 0 Å². The zero-order valence-electron chi connectivity index (χ0n) is 6.60. The van der Waals surface area contributed by atoms with Crippen molar-refractivity contribution in [2.75, 3.05) is 0 Å². The van der Waals surface area contributed by atoms with Gasteiger partial charge in [0.05, 0.1) is 5.92 Å². The zero-order chi connectivity index (χ0) is 8.72. The molecule has 0 spiro atoms. The second-order valence-corrected chi connectivity index (χ2v) is 3.53. The maximum Gasteiger partial charge on any atom is 0.248 e. The lowest BCUT2D eigenvalue weighted by atomic mass is 9.89. The number of carbonyl (C=O) groups excluding carboxylic acids is 1. The average Bonchev–Trinajstić information content (AvgIpc) is 2.63. The molecule has 4 heteroatoms. The van der Waals surface area contributed by atoms with E-state index in [0.717, 1.165) is 6.42 Å². The van der Waals surface area contributed by atoms with Gasteiger partial charge in [0.2, 0.25) is 5.91 Å². The third kappa shape index (κ3) is 0.884. The van der Waals surface area contributed by atoms with Gasteiger partial charge in [-0.25, -0.2) is 5.48 Å². The first-order valence-electron chi connectivity index (χ1n) is 4.12. The molecular formula is C8H12N2O2. The van der Waals surface area contributed by atoms with E-state index in [2.05, 4.69) is 6.08 Å². The van der Waals surface area contributed by atoms with E-state index in [-0.39, 0.29) is 23.8 Å². The lowest BCUT2D eigenvalue weighted by Crippen LogP contribution is -2.43. The number of nitrogens with two attached hydrogens (primary N) is 1. The van der Waals surface area contributed by atoms with Crippen LogP contribution in [-0.4, -0.2) is 17.2 Å². The summed E-state index contributed by atoms with van der Waals surface area (Å²) in [6.45, 7) is 0. The molecule has 1 fully saturated rings. The molecule has 66 valence electrons. The fourth-order valence-corrected chi connectivity index (χ4v) is 2.30. The van der Waals surface area contributed by atoms with Crippen molar-refractivity contribution < 1.29 is 10.0 Å². The van der Waals surface area contributed by atoms with Gasteiger partial charge in [-0.05, 0) is 18.3 Å². The van der Waals surface area contributed by atoms with Crippen LogP contribution in [0.1, 0.15) is 6.42 Å². The highest BCUT2D eigenvalue weighted by molar-refractivity contribution is 5.79. The Kier molecular flexibility index (Phi) is 1.66. The van der Waals surface area contributed by atoms with Crippen molar-refractivity contribution in [2.24, 2.45) is 23.5 Å². The van der Waals surface area contributed by atoms with E-state index >= 15 is 0 Å². The molecule has 0 heterocycles. The van der Waals surface area contributed by atoms with Crippen LogP contribution in [0.2, 0.25) is 0 Å². The Hall–Kier alpha value is -0.870. The van der Waals surface area contributed by atoms with Gasteiger partial charge >= 0.3 is 0 Å². The molecule has 2 aliphatic carbocycles. The summed E-state index contributed by atoms with van der Waals surface area (Å²) in [5.74, 6) is -0.0150. The maximum atomic E-state index is 11.1. The quantitative estimate of drug-likeness (QED) is 0.284. The topological polar surface area (TPSA) is 75.4 Å². The molecule has 4 atom stereocenters. The Labute approximate surface area is 70.4 Å². The second-order valence-electron chi connectivity index (χ2n) is 3.53. The van der Waals surface area contributed by atoms with Crippen LogP contribution in [0.15, 0.2) is 12.2 Å². The van der Waals surface area contributed by atoms with Crippen LogP contribution in [0, 0.1) is 17.8 Å². The van der Waals surface area contributed by atoms with Crippen LogP contribution in [0.5, 0.6) is 0 Å². The molecule has 4 N–H and O–H groups in total. The molecule has 2 aliphatic rings. The summed E-state index contributed by atoms with van der Waals surface area (Å²) in [4.78, 5) is 11.1. The van der Waals surface area contributed by atoms with E-state index in [9.17, 15) is 4.79 Å². The minimum absolute atomic E-state index is 0.118. The van der Waals surface area contributed by atoms with Gasteiger partial charge in [-0.1, -0.05) is 12.2 Å². The van der Waals surface area contributed by atoms with Gasteiger partial charge in [0.1, 0.15) is 0 Å². The molecule has 4 nitrogen and oxygen atoms in total. The first-order valence-corrected chi connectivity index (χ1v) is 4.12. The number of fused-ring (bicyclic) bond motifs is 2. The van der Waals surface area contributed by atoms with Crippen molar-refractivity contribution in [3.05, 3.63) is 12.2 Å². The van der Waals surface area contributed by atoms with Crippen molar-refractivity contribution in [3.8, 4) is 0 Å². The molecule has 0 saturated heterocycles. The van der Waals surface area contributed by atoms with E-state index in [1.807, 2.05) is 6.08 Å².